The normalized spacial score (nSPS) is 47.1. The first-order chi connectivity index (χ1) is 6.48. The highest BCUT2D eigenvalue weighted by molar-refractivity contribution is 7.85. The van der Waals surface area contributed by atoms with Gasteiger partial charge in [-0.3, -0.25) is 4.21 Å². The standard InChI is InChI=1S/C11H21NOS/c1-8-4-5-9-10(6-8)14(13)7-11(2,3)12-9/h8-10,12H,4-7H2,1-3H3. The molecule has 2 rings (SSSR count). The number of nitrogens with one attached hydrogen (secondary N) is 1. The summed E-state index contributed by atoms with van der Waals surface area (Å²) in [6.45, 7) is 6.62. The van der Waals surface area contributed by atoms with Crippen molar-refractivity contribution in [1.29, 1.82) is 0 Å². The van der Waals surface area contributed by atoms with Gasteiger partial charge in [0.25, 0.3) is 0 Å². The Morgan fingerprint density at radius 3 is 2.79 bits per heavy atom. The molecule has 2 nitrogen and oxygen atoms in total. The van der Waals surface area contributed by atoms with Gasteiger partial charge >= 0.3 is 0 Å². The maximum absolute atomic E-state index is 12.1. The van der Waals surface area contributed by atoms with Crippen LogP contribution in [0.1, 0.15) is 40.0 Å². The van der Waals surface area contributed by atoms with E-state index in [1.165, 1.54) is 12.8 Å². The maximum atomic E-state index is 12.1. The zero-order valence-corrected chi connectivity index (χ0v) is 10.2. The Morgan fingerprint density at radius 1 is 1.36 bits per heavy atom. The lowest BCUT2D eigenvalue weighted by Gasteiger charge is -2.45. The second-order valence-corrected chi connectivity index (χ2v) is 7.27. The average Bonchev–Trinajstić information content (AvgIpc) is 2.05. The van der Waals surface area contributed by atoms with Crippen LogP contribution in [-0.4, -0.2) is 26.8 Å². The Bertz CT molecular complexity index is 252. The van der Waals surface area contributed by atoms with E-state index in [-0.39, 0.29) is 5.54 Å². The van der Waals surface area contributed by atoms with Gasteiger partial charge in [0.15, 0.2) is 0 Å². The third-order valence-electron chi connectivity index (χ3n) is 3.47. The third-order valence-corrected chi connectivity index (χ3v) is 5.67. The quantitative estimate of drug-likeness (QED) is 0.666. The van der Waals surface area contributed by atoms with Gasteiger partial charge in [-0.05, 0) is 39.0 Å². The molecule has 14 heavy (non-hydrogen) atoms. The Hall–Kier alpha value is 0.110. The lowest BCUT2D eigenvalue weighted by atomic mass is 9.85. The molecule has 0 radical (unpaired) electrons. The minimum absolute atomic E-state index is 0.0760. The van der Waals surface area contributed by atoms with Gasteiger partial charge in [0.2, 0.25) is 0 Å². The molecule has 1 saturated carbocycles. The van der Waals surface area contributed by atoms with E-state index in [0.29, 0.717) is 11.3 Å². The highest BCUT2D eigenvalue weighted by Crippen LogP contribution is 2.32. The topological polar surface area (TPSA) is 29.1 Å². The summed E-state index contributed by atoms with van der Waals surface area (Å²) in [6, 6.07) is 0.510. The molecule has 0 amide bonds. The van der Waals surface area contributed by atoms with Crippen molar-refractivity contribution in [2.45, 2.75) is 56.9 Å². The van der Waals surface area contributed by atoms with Gasteiger partial charge in [-0.15, -0.1) is 0 Å². The fourth-order valence-electron chi connectivity index (χ4n) is 2.79. The SMILES string of the molecule is CC1CCC2NC(C)(C)CS(=O)C2C1. The minimum atomic E-state index is -0.609. The van der Waals surface area contributed by atoms with Crippen LogP contribution in [0.2, 0.25) is 0 Å². The van der Waals surface area contributed by atoms with Crippen LogP contribution >= 0.6 is 0 Å². The van der Waals surface area contributed by atoms with Crippen molar-refractivity contribution >= 4 is 10.8 Å². The summed E-state index contributed by atoms with van der Waals surface area (Å²) >= 11 is 0. The summed E-state index contributed by atoms with van der Waals surface area (Å²) in [5.41, 5.74) is 0.0760. The van der Waals surface area contributed by atoms with Crippen LogP contribution in [0.3, 0.4) is 0 Å². The molecule has 1 saturated heterocycles. The van der Waals surface area contributed by atoms with Crippen molar-refractivity contribution in [2.75, 3.05) is 5.75 Å². The van der Waals surface area contributed by atoms with Crippen LogP contribution in [0, 0.1) is 5.92 Å². The van der Waals surface area contributed by atoms with E-state index in [4.69, 9.17) is 0 Å². The van der Waals surface area contributed by atoms with E-state index in [1.807, 2.05) is 0 Å². The molecule has 4 unspecified atom stereocenters. The molecule has 2 fully saturated rings. The molecule has 3 heteroatoms. The number of fused-ring (bicyclic) bond motifs is 1. The Morgan fingerprint density at radius 2 is 2.07 bits per heavy atom. The van der Waals surface area contributed by atoms with Crippen molar-refractivity contribution in [3.63, 3.8) is 0 Å². The van der Waals surface area contributed by atoms with Gasteiger partial charge in [-0.2, -0.15) is 0 Å². The molecule has 0 spiro atoms. The lowest BCUT2D eigenvalue weighted by Crippen LogP contribution is -2.62. The molecule has 2 aliphatic rings. The zero-order chi connectivity index (χ0) is 10.3. The van der Waals surface area contributed by atoms with Crippen molar-refractivity contribution in [3.05, 3.63) is 0 Å². The third kappa shape index (κ3) is 2.03. The van der Waals surface area contributed by atoms with E-state index in [1.54, 1.807) is 0 Å². The highest BCUT2D eigenvalue weighted by atomic mass is 32.2. The first kappa shape index (κ1) is 10.6. The molecule has 1 heterocycles. The molecule has 0 aromatic heterocycles. The van der Waals surface area contributed by atoms with Gasteiger partial charge in [0.05, 0.1) is 5.25 Å². The maximum Gasteiger partial charge on any atom is 0.0504 e. The summed E-state index contributed by atoms with van der Waals surface area (Å²) in [7, 11) is -0.609. The van der Waals surface area contributed by atoms with E-state index in [9.17, 15) is 4.21 Å². The number of rotatable bonds is 0. The van der Waals surface area contributed by atoms with Crippen molar-refractivity contribution < 1.29 is 4.21 Å². The first-order valence-corrected chi connectivity index (χ1v) is 7.01. The Labute approximate surface area is 89.3 Å². The van der Waals surface area contributed by atoms with E-state index < -0.39 is 10.8 Å². The largest absolute Gasteiger partial charge is 0.307 e. The number of hydrogen-bond donors (Lipinski definition) is 1. The predicted octanol–water partition coefficient (Wildman–Crippen LogP) is 1.67. The lowest BCUT2D eigenvalue weighted by molar-refractivity contribution is 0.251. The van der Waals surface area contributed by atoms with Gasteiger partial charge in [-0.25, -0.2) is 0 Å². The van der Waals surface area contributed by atoms with Crippen molar-refractivity contribution in [3.8, 4) is 0 Å². The van der Waals surface area contributed by atoms with Crippen LogP contribution in [-0.2, 0) is 10.8 Å². The van der Waals surface area contributed by atoms with Crippen LogP contribution in [0.4, 0.5) is 0 Å². The molecule has 0 aromatic rings. The fraction of sp³-hybridized carbons (Fsp3) is 1.00. The second-order valence-electron chi connectivity index (χ2n) is 5.62. The minimum Gasteiger partial charge on any atom is -0.307 e. The zero-order valence-electron chi connectivity index (χ0n) is 9.38. The Kier molecular flexibility index (Phi) is 2.73. The molecule has 0 aromatic carbocycles. The van der Waals surface area contributed by atoms with Gasteiger partial charge in [-0.1, -0.05) is 6.92 Å². The summed E-state index contributed by atoms with van der Waals surface area (Å²) in [6.07, 6.45) is 3.66. The molecule has 1 aliphatic carbocycles. The summed E-state index contributed by atoms with van der Waals surface area (Å²) in [5, 5.41) is 4.08. The van der Waals surface area contributed by atoms with E-state index in [0.717, 1.165) is 18.1 Å². The first-order valence-electron chi connectivity index (χ1n) is 5.63. The van der Waals surface area contributed by atoms with Crippen LogP contribution in [0.15, 0.2) is 0 Å². The molecule has 1 N–H and O–H groups in total. The molecule has 82 valence electrons. The van der Waals surface area contributed by atoms with Gasteiger partial charge < -0.3 is 5.32 Å². The summed E-state index contributed by atoms with van der Waals surface area (Å²) in [4.78, 5) is 0. The fourth-order valence-corrected chi connectivity index (χ4v) is 4.91. The molecule has 1 aliphatic heterocycles. The van der Waals surface area contributed by atoms with Crippen LogP contribution in [0.25, 0.3) is 0 Å². The monoisotopic (exact) mass is 215 g/mol. The van der Waals surface area contributed by atoms with Crippen molar-refractivity contribution in [1.82, 2.24) is 5.32 Å². The molecular weight excluding hydrogens is 194 g/mol. The predicted molar refractivity (Wildman–Crippen MR) is 60.8 cm³/mol. The van der Waals surface area contributed by atoms with Gasteiger partial charge in [0, 0.05) is 28.1 Å². The van der Waals surface area contributed by atoms with Gasteiger partial charge in [0.1, 0.15) is 0 Å². The molecular formula is C11H21NOS. The van der Waals surface area contributed by atoms with Crippen LogP contribution < -0.4 is 5.32 Å². The Balaban J connectivity index is 2.11. The summed E-state index contributed by atoms with van der Waals surface area (Å²) in [5.74, 6) is 1.59. The molecule has 0 bridgehead atoms. The smallest absolute Gasteiger partial charge is 0.0504 e. The van der Waals surface area contributed by atoms with Crippen LogP contribution in [0.5, 0.6) is 0 Å². The second kappa shape index (κ2) is 3.60. The van der Waals surface area contributed by atoms with E-state index in [2.05, 4.69) is 26.1 Å². The van der Waals surface area contributed by atoms with E-state index >= 15 is 0 Å². The highest BCUT2D eigenvalue weighted by Gasteiger charge is 2.41. The molecule has 4 atom stereocenters. The average molecular weight is 215 g/mol. The number of hydrogen-bond acceptors (Lipinski definition) is 2. The summed E-state index contributed by atoms with van der Waals surface area (Å²) < 4.78 is 12.1. The van der Waals surface area contributed by atoms with Crippen molar-refractivity contribution in [2.24, 2.45) is 5.92 Å².